The first-order chi connectivity index (χ1) is 12.6. The summed E-state index contributed by atoms with van der Waals surface area (Å²) in [5.74, 6) is -0.360. The number of fused-ring (bicyclic) bond motifs is 1. The van der Waals surface area contributed by atoms with E-state index in [4.69, 9.17) is 0 Å². The molecule has 1 aliphatic heterocycles. The molecular weight excluding hydrogens is 328 g/mol. The number of carbonyl (C=O) groups excluding carboxylic acids is 2. The molecule has 1 atom stereocenters. The monoisotopic (exact) mass is 346 g/mol. The van der Waals surface area contributed by atoms with Gasteiger partial charge in [0.1, 0.15) is 11.7 Å². The van der Waals surface area contributed by atoms with Crippen molar-refractivity contribution in [2.45, 2.75) is 13.0 Å². The number of piperazine rings is 1. The van der Waals surface area contributed by atoms with Crippen molar-refractivity contribution in [3.63, 3.8) is 0 Å². The van der Waals surface area contributed by atoms with Crippen LogP contribution in [0.15, 0.2) is 60.8 Å². The summed E-state index contributed by atoms with van der Waals surface area (Å²) in [6.07, 6.45) is 1.48. The number of rotatable bonds is 2. The van der Waals surface area contributed by atoms with Crippen molar-refractivity contribution < 1.29 is 9.59 Å². The number of hydrogen-bond acceptors (Lipinski definition) is 4. The van der Waals surface area contributed by atoms with Crippen LogP contribution < -0.4 is 4.90 Å². The van der Waals surface area contributed by atoms with Gasteiger partial charge in [0.2, 0.25) is 5.91 Å². The number of nitrogens with zero attached hydrogens (tertiary/aromatic N) is 4. The zero-order chi connectivity index (χ0) is 18.1. The van der Waals surface area contributed by atoms with Crippen molar-refractivity contribution >= 4 is 28.5 Å². The predicted octanol–water partition coefficient (Wildman–Crippen LogP) is 2.51. The summed E-state index contributed by atoms with van der Waals surface area (Å²) in [6.45, 7) is 2.67. The zero-order valence-electron chi connectivity index (χ0n) is 14.4. The molecule has 0 spiro atoms. The van der Waals surface area contributed by atoms with Gasteiger partial charge in [-0.05, 0) is 31.2 Å². The number of anilines is 1. The minimum atomic E-state index is -0.551. The van der Waals surface area contributed by atoms with E-state index in [1.807, 2.05) is 54.6 Å². The summed E-state index contributed by atoms with van der Waals surface area (Å²) in [6, 6.07) is 16.4. The van der Waals surface area contributed by atoms with Gasteiger partial charge >= 0.3 is 0 Å². The van der Waals surface area contributed by atoms with Crippen LogP contribution in [0.2, 0.25) is 0 Å². The standard InChI is InChI=1S/C20H18N4O2/c1-14-19(25)24(15-7-3-2-4-8-15)12-11-23(14)20(26)18-13-21-16-9-5-6-10-17(16)22-18/h2-10,13-14H,11-12H2,1H3/t14-/m0/s1. The van der Waals surface area contributed by atoms with E-state index in [9.17, 15) is 9.59 Å². The van der Waals surface area contributed by atoms with Crippen molar-refractivity contribution in [1.29, 1.82) is 0 Å². The number of hydrogen-bond donors (Lipinski definition) is 0. The van der Waals surface area contributed by atoms with E-state index in [-0.39, 0.29) is 17.5 Å². The largest absolute Gasteiger partial charge is 0.324 e. The number of amides is 2. The fourth-order valence-corrected chi connectivity index (χ4v) is 3.22. The molecule has 0 saturated carbocycles. The molecule has 0 N–H and O–H groups in total. The van der Waals surface area contributed by atoms with Crippen LogP contribution >= 0.6 is 0 Å². The molecule has 3 aromatic rings. The van der Waals surface area contributed by atoms with Crippen LogP contribution in [0, 0.1) is 0 Å². The van der Waals surface area contributed by atoms with E-state index < -0.39 is 6.04 Å². The fourth-order valence-electron chi connectivity index (χ4n) is 3.22. The second-order valence-corrected chi connectivity index (χ2v) is 6.24. The second-order valence-electron chi connectivity index (χ2n) is 6.24. The molecule has 6 nitrogen and oxygen atoms in total. The number of para-hydroxylation sites is 3. The maximum atomic E-state index is 12.9. The second kappa shape index (κ2) is 6.55. The molecule has 4 rings (SSSR count). The number of carbonyl (C=O) groups is 2. The Hall–Kier alpha value is -3.28. The lowest BCUT2D eigenvalue weighted by atomic mass is 10.1. The molecule has 0 aliphatic carbocycles. The molecule has 2 heterocycles. The first-order valence-electron chi connectivity index (χ1n) is 8.54. The molecular formula is C20H18N4O2. The first kappa shape index (κ1) is 16.2. The van der Waals surface area contributed by atoms with Crippen molar-refractivity contribution in [3.8, 4) is 0 Å². The Kier molecular flexibility index (Phi) is 4.08. The predicted molar refractivity (Wildman–Crippen MR) is 98.8 cm³/mol. The molecule has 0 radical (unpaired) electrons. The molecule has 1 fully saturated rings. The Morgan fingerprint density at radius 3 is 2.46 bits per heavy atom. The number of benzene rings is 2. The quantitative estimate of drug-likeness (QED) is 0.715. The highest BCUT2D eigenvalue weighted by atomic mass is 16.2. The summed E-state index contributed by atoms with van der Waals surface area (Å²) in [5, 5.41) is 0. The molecule has 0 bridgehead atoms. The van der Waals surface area contributed by atoms with E-state index in [1.165, 1.54) is 6.20 Å². The van der Waals surface area contributed by atoms with E-state index in [0.717, 1.165) is 11.2 Å². The van der Waals surface area contributed by atoms with Crippen molar-refractivity contribution in [1.82, 2.24) is 14.9 Å². The van der Waals surface area contributed by atoms with Gasteiger partial charge in [0.05, 0.1) is 17.2 Å². The van der Waals surface area contributed by atoms with Crippen LogP contribution in [0.5, 0.6) is 0 Å². The van der Waals surface area contributed by atoms with Gasteiger partial charge in [-0.25, -0.2) is 4.98 Å². The van der Waals surface area contributed by atoms with Gasteiger partial charge in [0, 0.05) is 18.8 Å². The third-order valence-corrected chi connectivity index (χ3v) is 4.65. The van der Waals surface area contributed by atoms with Gasteiger partial charge in [-0.2, -0.15) is 0 Å². The van der Waals surface area contributed by atoms with Gasteiger partial charge in [-0.15, -0.1) is 0 Å². The molecule has 2 aromatic carbocycles. The molecule has 1 aromatic heterocycles. The first-order valence-corrected chi connectivity index (χ1v) is 8.54. The van der Waals surface area contributed by atoms with Gasteiger partial charge < -0.3 is 9.80 Å². The summed E-state index contributed by atoms with van der Waals surface area (Å²) < 4.78 is 0. The highest BCUT2D eigenvalue weighted by Gasteiger charge is 2.35. The van der Waals surface area contributed by atoms with Gasteiger partial charge in [0.15, 0.2) is 0 Å². The summed E-state index contributed by atoms with van der Waals surface area (Å²) >= 11 is 0. The number of aromatic nitrogens is 2. The van der Waals surface area contributed by atoms with Crippen molar-refractivity contribution in [2.24, 2.45) is 0 Å². The molecule has 26 heavy (non-hydrogen) atoms. The highest BCUT2D eigenvalue weighted by molar-refractivity contribution is 6.03. The van der Waals surface area contributed by atoms with Gasteiger partial charge in [-0.3, -0.25) is 14.6 Å². The minimum Gasteiger partial charge on any atom is -0.324 e. The normalized spacial score (nSPS) is 17.6. The van der Waals surface area contributed by atoms with Crippen LogP contribution in [0.1, 0.15) is 17.4 Å². The van der Waals surface area contributed by atoms with E-state index in [1.54, 1.807) is 16.7 Å². The average Bonchev–Trinajstić information content (AvgIpc) is 2.70. The summed E-state index contributed by atoms with van der Waals surface area (Å²) in [7, 11) is 0. The highest BCUT2D eigenvalue weighted by Crippen LogP contribution is 2.21. The lowest BCUT2D eigenvalue weighted by Gasteiger charge is -2.38. The summed E-state index contributed by atoms with van der Waals surface area (Å²) in [4.78, 5) is 37.7. The van der Waals surface area contributed by atoms with Crippen LogP contribution in [0.3, 0.4) is 0 Å². The van der Waals surface area contributed by atoms with Crippen LogP contribution in [0.4, 0.5) is 5.69 Å². The minimum absolute atomic E-state index is 0.0930. The Labute approximate surface area is 151 Å². The van der Waals surface area contributed by atoms with E-state index in [2.05, 4.69) is 9.97 Å². The van der Waals surface area contributed by atoms with E-state index >= 15 is 0 Å². The maximum absolute atomic E-state index is 12.9. The molecule has 6 heteroatoms. The third-order valence-electron chi connectivity index (χ3n) is 4.65. The van der Waals surface area contributed by atoms with Crippen LogP contribution in [-0.4, -0.2) is 45.8 Å². The lowest BCUT2D eigenvalue weighted by Crippen LogP contribution is -2.57. The Morgan fingerprint density at radius 1 is 1.00 bits per heavy atom. The van der Waals surface area contributed by atoms with Crippen LogP contribution in [-0.2, 0) is 4.79 Å². The lowest BCUT2D eigenvalue weighted by molar-refractivity contribution is -0.124. The molecule has 1 saturated heterocycles. The zero-order valence-corrected chi connectivity index (χ0v) is 14.4. The van der Waals surface area contributed by atoms with Gasteiger partial charge in [0.25, 0.3) is 5.91 Å². The molecule has 0 unspecified atom stereocenters. The molecule has 1 aliphatic rings. The van der Waals surface area contributed by atoms with Gasteiger partial charge in [-0.1, -0.05) is 30.3 Å². The molecule has 2 amide bonds. The smallest absolute Gasteiger partial charge is 0.274 e. The van der Waals surface area contributed by atoms with E-state index in [0.29, 0.717) is 18.6 Å². The molecule has 130 valence electrons. The summed E-state index contributed by atoms with van der Waals surface area (Å²) in [5.41, 5.74) is 2.51. The van der Waals surface area contributed by atoms with Crippen molar-refractivity contribution in [3.05, 3.63) is 66.5 Å². The van der Waals surface area contributed by atoms with Crippen molar-refractivity contribution in [2.75, 3.05) is 18.0 Å². The third kappa shape index (κ3) is 2.79. The maximum Gasteiger partial charge on any atom is 0.274 e. The Morgan fingerprint density at radius 2 is 1.69 bits per heavy atom. The fraction of sp³-hybridized carbons (Fsp3) is 0.200. The topological polar surface area (TPSA) is 66.4 Å². The SMILES string of the molecule is C[C@H]1C(=O)N(c2ccccc2)CCN1C(=O)c1cnc2ccccc2n1. The average molecular weight is 346 g/mol. The Balaban J connectivity index is 1.58. The van der Waals surface area contributed by atoms with Crippen LogP contribution in [0.25, 0.3) is 11.0 Å². The Bertz CT molecular complexity index is 974.